The Labute approximate surface area is 237 Å². The molecule has 206 valence electrons. The Morgan fingerprint density at radius 3 is 2.61 bits per heavy atom. The number of hydrogen-bond acceptors (Lipinski definition) is 9. The summed E-state index contributed by atoms with van der Waals surface area (Å²) in [6.07, 6.45) is 10.5. The molecule has 2 aliphatic heterocycles. The van der Waals surface area contributed by atoms with Gasteiger partial charge in [0.15, 0.2) is 0 Å². The number of methoxy groups -OCH3 is 1. The highest BCUT2D eigenvalue weighted by molar-refractivity contribution is 6.08. The van der Waals surface area contributed by atoms with Crippen molar-refractivity contribution in [1.29, 1.82) is 10.7 Å². The molecule has 0 aliphatic carbocycles. The Bertz CT molecular complexity index is 1670. The summed E-state index contributed by atoms with van der Waals surface area (Å²) in [5, 5.41) is 26.1. The predicted molar refractivity (Wildman–Crippen MR) is 154 cm³/mol. The zero-order valence-electron chi connectivity index (χ0n) is 22.7. The van der Waals surface area contributed by atoms with E-state index in [9.17, 15) is 10.1 Å². The van der Waals surface area contributed by atoms with Gasteiger partial charge in [0.05, 0.1) is 35.7 Å². The number of nitrogens with zero attached hydrogens (tertiary/aromatic N) is 7. The first-order chi connectivity index (χ1) is 20.0. The summed E-state index contributed by atoms with van der Waals surface area (Å²) in [6, 6.07) is 11.5. The Balaban J connectivity index is 1.21. The van der Waals surface area contributed by atoms with Crippen LogP contribution in [0.25, 0.3) is 16.6 Å². The van der Waals surface area contributed by atoms with Crippen molar-refractivity contribution in [2.75, 3.05) is 44.7 Å². The Hall–Kier alpha value is -5.24. The number of amides is 1. The normalized spacial score (nSPS) is 16.0. The number of piperazine rings is 1. The highest BCUT2D eigenvalue weighted by Crippen LogP contribution is 2.30. The molecular formula is C30H29N9O2. The van der Waals surface area contributed by atoms with Crippen molar-refractivity contribution in [3.05, 3.63) is 83.6 Å². The van der Waals surface area contributed by atoms with E-state index in [4.69, 9.17) is 15.1 Å². The van der Waals surface area contributed by atoms with Crippen LogP contribution in [0.5, 0.6) is 5.88 Å². The van der Waals surface area contributed by atoms with E-state index in [1.165, 1.54) is 0 Å². The number of aromatic nitrogens is 4. The number of anilines is 1. The second-order valence-corrected chi connectivity index (χ2v) is 9.99. The molecule has 0 atom stereocenters. The molecular weight excluding hydrogens is 518 g/mol. The van der Waals surface area contributed by atoms with Gasteiger partial charge in [-0.15, -0.1) is 0 Å². The minimum absolute atomic E-state index is 0.0500. The zero-order chi connectivity index (χ0) is 28.3. The third-order valence-electron chi connectivity index (χ3n) is 7.48. The lowest BCUT2D eigenvalue weighted by Gasteiger charge is -2.35. The van der Waals surface area contributed by atoms with Crippen molar-refractivity contribution < 1.29 is 9.53 Å². The highest BCUT2D eigenvalue weighted by atomic mass is 16.5. The van der Waals surface area contributed by atoms with E-state index in [1.54, 1.807) is 48.5 Å². The summed E-state index contributed by atoms with van der Waals surface area (Å²) in [4.78, 5) is 25.8. The molecule has 2 aliphatic rings. The van der Waals surface area contributed by atoms with Gasteiger partial charge in [0.25, 0.3) is 5.91 Å². The second kappa shape index (κ2) is 11.1. The summed E-state index contributed by atoms with van der Waals surface area (Å²) in [5.41, 5.74) is 5.46. The molecule has 2 fully saturated rings. The van der Waals surface area contributed by atoms with Crippen molar-refractivity contribution in [3.63, 3.8) is 0 Å². The maximum atomic E-state index is 12.9. The van der Waals surface area contributed by atoms with Crippen LogP contribution in [-0.4, -0.2) is 75.9 Å². The molecule has 4 aromatic heterocycles. The first-order valence-corrected chi connectivity index (χ1v) is 13.5. The number of fused-ring (bicyclic) bond motifs is 1. The quantitative estimate of drug-likeness (QED) is 0.351. The molecule has 1 amide bonds. The molecule has 11 nitrogen and oxygen atoms in total. The standard InChI is InChI=1S/C30H29N9O2/c1-41-28-7-5-21(17-35-28)30(40)38-11-9-37(10-12-38)27-6-4-20(16-34-27)25-13-22(26(32)14-24-3-2-8-33-24)19-39-29(25)23(15-31)18-36-39/h4-7,13-14,16-19,32-33H,2-3,8-12H2,1H3/b24-14-,32-26?. The average molecular weight is 548 g/mol. The molecule has 4 aromatic rings. The van der Waals surface area contributed by atoms with E-state index in [-0.39, 0.29) is 5.91 Å². The number of hydrogen-bond donors (Lipinski definition) is 2. The van der Waals surface area contributed by atoms with Gasteiger partial charge in [-0.1, -0.05) is 0 Å². The van der Waals surface area contributed by atoms with Crippen molar-refractivity contribution >= 4 is 23.0 Å². The van der Waals surface area contributed by atoms with Gasteiger partial charge in [0, 0.05) is 79.8 Å². The minimum atomic E-state index is -0.0500. The van der Waals surface area contributed by atoms with Gasteiger partial charge in [-0.3, -0.25) is 4.79 Å². The van der Waals surface area contributed by atoms with Crippen LogP contribution in [0.15, 0.2) is 66.9 Å². The highest BCUT2D eigenvalue weighted by Gasteiger charge is 2.23. The maximum absolute atomic E-state index is 12.9. The average Bonchev–Trinajstić information content (AvgIpc) is 3.70. The minimum Gasteiger partial charge on any atom is -0.481 e. The van der Waals surface area contributed by atoms with Crippen LogP contribution >= 0.6 is 0 Å². The van der Waals surface area contributed by atoms with Gasteiger partial charge in [-0.05, 0) is 43.2 Å². The number of allylic oxidation sites excluding steroid dienone is 2. The smallest absolute Gasteiger partial charge is 0.255 e. The number of carbonyl (C=O) groups excluding carboxylic acids is 1. The molecule has 0 spiro atoms. The van der Waals surface area contributed by atoms with Gasteiger partial charge in [0.2, 0.25) is 5.88 Å². The molecule has 0 radical (unpaired) electrons. The van der Waals surface area contributed by atoms with Gasteiger partial charge in [-0.25, -0.2) is 14.5 Å². The van der Waals surface area contributed by atoms with Crippen LogP contribution in [0.1, 0.15) is 34.3 Å². The summed E-state index contributed by atoms with van der Waals surface area (Å²) in [6.45, 7) is 3.39. The van der Waals surface area contributed by atoms with Crippen LogP contribution in [0.4, 0.5) is 5.82 Å². The third kappa shape index (κ3) is 5.19. The first kappa shape index (κ1) is 26.0. The number of ether oxygens (including phenoxy) is 1. The van der Waals surface area contributed by atoms with Gasteiger partial charge in [0.1, 0.15) is 11.9 Å². The van der Waals surface area contributed by atoms with Gasteiger partial charge >= 0.3 is 0 Å². The van der Waals surface area contributed by atoms with Crippen molar-refractivity contribution in [3.8, 4) is 23.1 Å². The van der Waals surface area contributed by atoms with Crippen molar-refractivity contribution in [2.24, 2.45) is 0 Å². The molecule has 0 unspecified atom stereocenters. The molecule has 0 aromatic carbocycles. The van der Waals surface area contributed by atoms with Gasteiger partial charge < -0.3 is 25.3 Å². The van der Waals surface area contributed by atoms with E-state index in [2.05, 4.69) is 26.4 Å². The molecule has 11 heteroatoms. The second-order valence-electron chi connectivity index (χ2n) is 9.99. The Kier molecular flexibility index (Phi) is 7.04. The summed E-state index contributed by atoms with van der Waals surface area (Å²) >= 11 is 0. The van der Waals surface area contributed by atoms with E-state index in [0.717, 1.165) is 42.0 Å². The van der Waals surface area contributed by atoms with Gasteiger partial charge in [-0.2, -0.15) is 10.4 Å². The summed E-state index contributed by atoms with van der Waals surface area (Å²) in [7, 11) is 1.54. The summed E-state index contributed by atoms with van der Waals surface area (Å²) in [5.74, 6) is 1.24. The topological polar surface area (TPSA) is 136 Å². The maximum Gasteiger partial charge on any atom is 0.255 e. The SMILES string of the molecule is COc1ccc(C(=O)N2CCN(c3ccc(-c4cc(C(=N)/C=C5/CCCN5)cn5ncc(C#N)c45)cn3)CC2)cn1. The number of carbonyl (C=O) groups is 1. The van der Waals surface area contributed by atoms with E-state index in [1.807, 2.05) is 29.2 Å². The monoisotopic (exact) mass is 547 g/mol. The van der Waals surface area contributed by atoms with Crippen LogP contribution in [0, 0.1) is 16.7 Å². The fourth-order valence-corrected chi connectivity index (χ4v) is 5.25. The fourth-order valence-electron chi connectivity index (χ4n) is 5.25. The molecule has 2 N–H and O–H groups in total. The third-order valence-corrected chi connectivity index (χ3v) is 7.48. The van der Waals surface area contributed by atoms with Crippen molar-refractivity contribution in [2.45, 2.75) is 12.8 Å². The van der Waals surface area contributed by atoms with Crippen LogP contribution < -0.4 is 15.0 Å². The number of nitriles is 1. The Morgan fingerprint density at radius 2 is 1.95 bits per heavy atom. The fraction of sp³-hybridized carbons (Fsp3) is 0.267. The molecule has 6 rings (SSSR count). The van der Waals surface area contributed by atoms with E-state index < -0.39 is 0 Å². The Morgan fingerprint density at radius 1 is 1.10 bits per heavy atom. The molecule has 6 heterocycles. The number of nitrogens with one attached hydrogen (secondary N) is 2. The molecule has 0 saturated carbocycles. The molecule has 41 heavy (non-hydrogen) atoms. The largest absolute Gasteiger partial charge is 0.481 e. The zero-order valence-corrected chi connectivity index (χ0v) is 22.7. The first-order valence-electron chi connectivity index (χ1n) is 13.5. The lowest BCUT2D eigenvalue weighted by atomic mass is 10.0. The lowest BCUT2D eigenvalue weighted by Crippen LogP contribution is -2.49. The summed E-state index contributed by atoms with van der Waals surface area (Å²) < 4.78 is 6.75. The van der Waals surface area contributed by atoms with Crippen LogP contribution in [0.3, 0.4) is 0 Å². The predicted octanol–water partition coefficient (Wildman–Crippen LogP) is 3.27. The molecule has 0 bridgehead atoms. The molecule has 2 saturated heterocycles. The van der Waals surface area contributed by atoms with Crippen LogP contribution in [-0.2, 0) is 0 Å². The van der Waals surface area contributed by atoms with Crippen LogP contribution in [0.2, 0.25) is 0 Å². The van der Waals surface area contributed by atoms with E-state index >= 15 is 0 Å². The van der Waals surface area contributed by atoms with E-state index in [0.29, 0.717) is 60.0 Å². The number of rotatable bonds is 6. The lowest BCUT2D eigenvalue weighted by molar-refractivity contribution is 0.0746. The number of pyridine rings is 3. The van der Waals surface area contributed by atoms with Crippen molar-refractivity contribution in [1.82, 2.24) is 29.8 Å².